The maximum Gasteiger partial charge on any atom is 0.253 e. The molecule has 0 bridgehead atoms. The molecular weight excluding hydrogens is 206 g/mol. The minimum atomic E-state index is -0.537. The number of aliphatic hydroxyl groups is 1. The second-order valence-corrected chi connectivity index (χ2v) is 3.77. The summed E-state index contributed by atoms with van der Waals surface area (Å²) in [4.78, 5) is 17.4. The molecule has 0 saturated carbocycles. The Morgan fingerprint density at radius 3 is 2.94 bits per heavy atom. The van der Waals surface area contributed by atoms with Crippen LogP contribution >= 0.6 is 0 Å². The smallest absolute Gasteiger partial charge is 0.253 e. The lowest BCUT2D eigenvalue weighted by Gasteiger charge is -2.18. The van der Waals surface area contributed by atoms with Crippen molar-refractivity contribution in [2.24, 2.45) is 5.73 Å². The van der Waals surface area contributed by atoms with Crippen molar-refractivity contribution in [2.45, 2.75) is 19.6 Å². The highest BCUT2D eigenvalue weighted by molar-refractivity contribution is 5.94. The van der Waals surface area contributed by atoms with Gasteiger partial charge in [0.2, 0.25) is 0 Å². The normalized spacial score (nSPS) is 12.2. The van der Waals surface area contributed by atoms with Crippen LogP contribution in [0.2, 0.25) is 0 Å². The van der Waals surface area contributed by atoms with Gasteiger partial charge in [-0.1, -0.05) is 0 Å². The lowest BCUT2D eigenvalue weighted by molar-refractivity contribution is 0.0703. The van der Waals surface area contributed by atoms with Crippen molar-refractivity contribution in [1.82, 2.24) is 9.88 Å². The molecule has 1 amide bonds. The average Bonchev–Trinajstić information content (AvgIpc) is 2.27. The van der Waals surface area contributed by atoms with E-state index in [1.165, 1.54) is 4.90 Å². The first kappa shape index (κ1) is 12.6. The van der Waals surface area contributed by atoms with Crippen molar-refractivity contribution < 1.29 is 9.90 Å². The van der Waals surface area contributed by atoms with Crippen molar-refractivity contribution in [2.75, 3.05) is 13.6 Å². The van der Waals surface area contributed by atoms with E-state index in [0.29, 0.717) is 24.3 Å². The van der Waals surface area contributed by atoms with Crippen molar-refractivity contribution >= 4 is 5.91 Å². The third kappa shape index (κ3) is 3.29. The Kier molecular flexibility index (Phi) is 4.39. The van der Waals surface area contributed by atoms with Crippen LogP contribution in [-0.2, 0) is 6.54 Å². The number of pyridine rings is 1. The first-order valence-corrected chi connectivity index (χ1v) is 5.13. The Labute approximate surface area is 94.9 Å². The zero-order chi connectivity index (χ0) is 12.1. The van der Waals surface area contributed by atoms with Gasteiger partial charge in [0, 0.05) is 31.9 Å². The van der Waals surface area contributed by atoms with Gasteiger partial charge in [-0.2, -0.15) is 0 Å². The van der Waals surface area contributed by atoms with Crippen LogP contribution in [-0.4, -0.2) is 40.6 Å². The number of aromatic nitrogens is 1. The van der Waals surface area contributed by atoms with E-state index in [-0.39, 0.29) is 5.91 Å². The number of hydrogen-bond donors (Lipinski definition) is 2. The molecule has 3 N–H and O–H groups in total. The molecule has 0 saturated heterocycles. The predicted molar refractivity (Wildman–Crippen MR) is 60.8 cm³/mol. The number of nitrogens with two attached hydrogens (primary N) is 1. The average molecular weight is 223 g/mol. The molecule has 1 aromatic rings. The maximum absolute atomic E-state index is 11.9. The van der Waals surface area contributed by atoms with E-state index in [9.17, 15) is 9.90 Å². The SMILES string of the molecule is CC(O)CN(C)C(=O)c1ccnc(CN)c1. The molecule has 5 nitrogen and oxygen atoms in total. The van der Waals surface area contributed by atoms with Gasteiger partial charge in [-0.25, -0.2) is 0 Å². The maximum atomic E-state index is 11.9. The third-order valence-electron chi connectivity index (χ3n) is 2.16. The van der Waals surface area contributed by atoms with Crippen molar-refractivity contribution in [1.29, 1.82) is 0 Å². The van der Waals surface area contributed by atoms with Gasteiger partial charge in [0.1, 0.15) is 0 Å². The van der Waals surface area contributed by atoms with Gasteiger partial charge in [-0.05, 0) is 19.1 Å². The molecule has 0 aliphatic rings. The van der Waals surface area contributed by atoms with E-state index in [2.05, 4.69) is 4.98 Å². The molecule has 5 heteroatoms. The van der Waals surface area contributed by atoms with E-state index in [1.807, 2.05) is 0 Å². The van der Waals surface area contributed by atoms with E-state index in [0.717, 1.165) is 0 Å². The monoisotopic (exact) mass is 223 g/mol. The van der Waals surface area contributed by atoms with Gasteiger partial charge >= 0.3 is 0 Å². The Balaban J connectivity index is 2.79. The van der Waals surface area contributed by atoms with Crippen molar-refractivity contribution in [3.63, 3.8) is 0 Å². The van der Waals surface area contributed by atoms with Gasteiger partial charge in [0.05, 0.1) is 11.8 Å². The molecule has 1 heterocycles. The molecule has 88 valence electrons. The summed E-state index contributed by atoms with van der Waals surface area (Å²) in [6.07, 6.45) is 1.02. The van der Waals surface area contributed by atoms with Gasteiger partial charge in [0.15, 0.2) is 0 Å². The number of nitrogens with zero attached hydrogens (tertiary/aromatic N) is 2. The standard InChI is InChI=1S/C11H17N3O2/c1-8(15)7-14(2)11(16)9-3-4-13-10(5-9)6-12/h3-5,8,15H,6-7,12H2,1-2H3. The van der Waals surface area contributed by atoms with Crippen LogP contribution in [0.25, 0.3) is 0 Å². The van der Waals surface area contributed by atoms with E-state index < -0.39 is 6.10 Å². The Morgan fingerprint density at radius 1 is 1.69 bits per heavy atom. The summed E-state index contributed by atoms with van der Waals surface area (Å²) in [5.41, 5.74) is 6.67. The number of likely N-dealkylation sites (N-methyl/N-ethyl adjacent to an activating group) is 1. The number of carbonyl (C=O) groups is 1. The summed E-state index contributed by atoms with van der Waals surface area (Å²) in [6, 6.07) is 3.31. The number of rotatable bonds is 4. The highest BCUT2D eigenvalue weighted by Crippen LogP contribution is 2.05. The molecule has 1 atom stereocenters. The topological polar surface area (TPSA) is 79.5 Å². The fourth-order valence-corrected chi connectivity index (χ4v) is 1.42. The Bertz CT molecular complexity index is 366. The summed E-state index contributed by atoms with van der Waals surface area (Å²) in [7, 11) is 1.65. The van der Waals surface area contributed by atoms with Crippen LogP contribution in [0.3, 0.4) is 0 Å². The van der Waals surface area contributed by atoms with E-state index in [4.69, 9.17) is 5.73 Å². The van der Waals surface area contributed by atoms with E-state index >= 15 is 0 Å². The lowest BCUT2D eigenvalue weighted by atomic mass is 10.2. The minimum absolute atomic E-state index is 0.141. The summed E-state index contributed by atoms with van der Waals surface area (Å²) in [5, 5.41) is 9.19. The molecule has 0 radical (unpaired) electrons. The predicted octanol–water partition coefficient (Wildman–Crippen LogP) is -0.00690. The molecule has 0 aromatic carbocycles. The van der Waals surface area contributed by atoms with Crippen molar-refractivity contribution in [3.05, 3.63) is 29.6 Å². The number of carbonyl (C=O) groups excluding carboxylic acids is 1. The van der Waals surface area contributed by atoms with Crippen LogP contribution in [0, 0.1) is 0 Å². The lowest BCUT2D eigenvalue weighted by Crippen LogP contribution is -2.33. The molecule has 0 aliphatic heterocycles. The third-order valence-corrected chi connectivity index (χ3v) is 2.16. The van der Waals surface area contributed by atoms with Gasteiger partial charge < -0.3 is 15.7 Å². The summed E-state index contributed by atoms with van der Waals surface area (Å²) in [6.45, 7) is 2.25. The van der Waals surface area contributed by atoms with Crippen molar-refractivity contribution in [3.8, 4) is 0 Å². The first-order valence-electron chi connectivity index (χ1n) is 5.13. The molecule has 1 rings (SSSR count). The highest BCUT2D eigenvalue weighted by Gasteiger charge is 2.13. The summed E-state index contributed by atoms with van der Waals surface area (Å²) in [5.74, 6) is -0.141. The van der Waals surface area contributed by atoms with Gasteiger partial charge in [-0.15, -0.1) is 0 Å². The summed E-state index contributed by atoms with van der Waals surface area (Å²) >= 11 is 0. The molecule has 0 spiro atoms. The molecule has 16 heavy (non-hydrogen) atoms. The van der Waals surface area contributed by atoms with Crippen LogP contribution in [0.15, 0.2) is 18.3 Å². The minimum Gasteiger partial charge on any atom is -0.392 e. The fourth-order valence-electron chi connectivity index (χ4n) is 1.42. The molecule has 1 aromatic heterocycles. The molecule has 0 fully saturated rings. The fraction of sp³-hybridized carbons (Fsp3) is 0.455. The largest absolute Gasteiger partial charge is 0.392 e. The number of hydrogen-bond acceptors (Lipinski definition) is 4. The highest BCUT2D eigenvalue weighted by atomic mass is 16.3. The second kappa shape index (κ2) is 5.58. The zero-order valence-corrected chi connectivity index (χ0v) is 9.55. The van der Waals surface area contributed by atoms with Crippen LogP contribution < -0.4 is 5.73 Å². The van der Waals surface area contributed by atoms with Gasteiger partial charge in [-0.3, -0.25) is 9.78 Å². The molecular formula is C11H17N3O2. The quantitative estimate of drug-likeness (QED) is 0.752. The Hall–Kier alpha value is -1.46. The second-order valence-electron chi connectivity index (χ2n) is 3.77. The zero-order valence-electron chi connectivity index (χ0n) is 9.55. The van der Waals surface area contributed by atoms with Gasteiger partial charge in [0.25, 0.3) is 5.91 Å². The first-order chi connectivity index (χ1) is 7.54. The van der Waals surface area contributed by atoms with E-state index in [1.54, 1.807) is 32.3 Å². The Morgan fingerprint density at radius 2 is 2.38 bits per heavy atom. The summed E-state index contributed by atoms with van der Waals surface area (Å²) < 4.78 is 0. The van der Waals surface area contributed by atoms with Crippen LogP contribution in [0.4, 0.5) is 0 Å². The van der Waals surface area contributed by atoms with Crippen LogP contribution in [0.1, 0.15) is 23.0 Å². The number of amides is 1. The number of aliphatic hydroxyl groups excluding tert-OH is 1. The molecule has 0 aliphatic carbocycles. The van der Waals surface area contributed by atoms with Crippen LogP contribution in [0.5, 0.6) is 0 Å². The molecule has 1 unspecified atom stereocenters.